The number of thiophene rings is 2. The molecule has 1 aliphatic rings. The van der Waals surface area contributed by atoms with Crippen LogP contribution in [0.2, 0.25) is 0 Å². The molecule has 7 rings (SSSR count). The Morgan fingerprint density at radius 2 is 1.36 bits per heavy atom. The van der Waals surface area contributed by atoms with Gasteiger partial charge in [0.25, 0.3) is 0 Å². The van der Waals surface area contributed by atoms with Crippen LogP contribution in [0.5, 0.6) is 0 Å². The van der Waals surface area contributed by atoms with Gasteiger partial charge in [-0.25, -0.2) is 0 Å². The van der Waals surface area contributed by atoms with Crippen LogP contribution in [-0.2, 0) is 0 Å². The summed E-state index contributed by atoms with van der Waals surface area (Å²) in [4.78, 5) is 27.3. The van der Waals surface area contributed by atoms with Crippen LogP contribution >= 0.6 is 22.7 Å². The largest absolute Gasteiger partial charge is 0.307 e. The number of carbonyl (C=O) groups is 2. The molecular formula is C28H15NO2S2. The van der Waals surface area contributed by atoms with Gasteiger partial charge in [-0.1, -0.05) is 42.5 Å². The normalized spacial score (nSPS) is 13.5. The molecule has 0 radical (unpaired) electrons. The van der Waals surface area contributed by atoms with E-state index in [0.29, 0.717) is 11.1 Å². The van der Waals surface area contributed by atoms with Gasteiger partial charge < -0.3 is 4.57 Å². The molecule has 1 aliphatic carbocycles. The van der Waals surface area contributed by atoms with Crippen molar-refractivity contribution in [1.82, 2.24) is 4.57 Å². The monoisotopic (exact) mass is 461 g/mol. The summed E-state index contributed by atoms with van der Waals surface area (Å²) in [5, 5.41) is 4.04. The Labute approximate surface area is 196 Å². The van der Waals surface area contributed by atoms with Gasteiger partial charge >= 0.3 is 0 Å². The number of benzene rings is 3. The van der Waals surface area contributed by atoms with Gasteiger partial charge in [-0.15, -0.1) is 22.7 Å². The average molecular weight is 462 g/mol. The lowest BCUT2D eigenvalue weighted by Gasteiger charge is -2.04. The van der Waals surface area contributed by atoms with Crippen LogP contribution in [0, 0.1) is 0 Å². The molecule has 156 valence electrons. The first kappa shape index (κ1) is 18.7. The first-order valence-electron chi connectivity index (χ1n) is 10.6. The van der Waals surface area contributed by atoms with Crippen molar-refractivity contribution in [2.45, 2.75) is 0 Å². The van der Waals surface area contributed by atoms with Gasteiger partial charge in [0.1, 0.15) is 0 Å². The van der Waals surface area contributed by atoms with E-state index in [2.05, 4.69) is 34.2 Å². The fraction of sp³-hybridized carbons (Fsp3) is 0. The zero-order valence-electron chi connectivity index (χ0n) is 17.2. The molecule has 3 nitrogen and oxygen atoms in total. The Balaban J connectivity index is 1.39. The zero-order chi connectivity index (χ0) is 22.1. The molecule has 33 heavy (non-hydrogen) atoms. The minimum absolute atomic E-state index is 0.189. The van der Waals surface area contributed by atoms with Crippen molar-refractivity contribution in [2.24, 2.45) is 0 Å². The molecule has 0 bridgehead atoms. The third-order valence-corrected chi connectivity index (χ3v) is 8.37. The number of nitrogens with zero attached hydrogens (tertiary/aromatic N) is 1. The quantitative estimate of drug-likeness (QED) is 0.198. The SMILES string of the molecule is O=C1C(=Cc2cc3c(s2)c2sccc2n3-c2ccccc2)C(=O)c2cc3ccccc3cc21. The summed E-state index contributed by atoms with van der Waals surface area (Å²) in [6.45, 7) is 0. The molecule has 3 heterocycles. The third-order valence-electron chi connectivity index (χ3n) is 6.23. The molecule has 3 aromatic heterocycles. The molecule has 5 heteroatoms. The van der Waals surface area contributed by atoms with E-state index in [1.165, 1.54) is 14.9 Å². The maximum Gasteiger partial charge on any atom is 0.197 e. The van der Waals surface area contributed by atoms with Crippen molar-refractivity contribution in [2.75, 3.05) is 0 Å². The van der Waals surface area contributed by atoms with E-state index < -0.39 is 0 Å². The highest BCUT2D eigenvalue weighted by atomic mass is 32.1. The molecule has 0 saturated heterocycles. The second-order valence-electron chi connectivity index (χ2n) is 8.13. The molecule has 0 amide bonds. The molecular weight excluding hydrogens is 446 g/mol. The van der Waals surface area contributed by atoms with Crippen LogP contribution in [0.4, 0.5) is 0 Å². The molecule has 0 spiro atoms. The van der Waals surface area contributed by atoms with Crippen LogP contribution in [0.1, 0.15) is 25.6 Å². The number of Topliss-reactive ketones (excluding diaryl/α,β-unsaturated/α-hetero) is 2. The Bertz CT molecular complexity index is 1740. The number of allylic oxidation sites excluding steroid dienone is 1. The van der Waals surface area contributed by atoms with Gasteiger partial charge in [0.15, 0.2) is 11.6 Å². The number of aromatic nitrogens is 1. The summed E-state index contributed by atoms with van der Waals surface area (Å²) in [6, 6.07) is 26.0. The lowest BCUT2D eigenvalue weighted by molar-refractivity contribution is 0.0990. The molecule has 6 aromatic rings. The first-order chi connectivity index (χ1) is 16.2. The Kier molecular flexibility index (Phi) is 3.89. The first-order valence-corrected chi connectivity index (χ1v) is 12.3. The Hall–Kier alpha value is -3.80. The predicted octanol–water partition coefficient (Wildman–Crippen LogP) is 7.52. The van der Waals surface area contributed by atoms with Crippen molar-refractivity contribution >= 4 is 71.5 Å². The lowest BCUT2D eigenvalue weighted by atomic mass is 10.0. The predicted molar refractivity (Wildman–Crippen MR) is 137 cm³/mol. The standard InChI is InChI=1S/C28H15NO2S2/c30-25-20-12-16-6-4-5-7-17(16)13-21(20)26(31)22(25)14-19-15-24-28(33-19)27-23(10-11-32-27)29(24)18-8-2-1-3-9-18/h1-15H. The molecule has 0 N–H and O–H groups in total. The fourth-order valence-corrected chi connectivity index (χ4v) is 6.85. The minimum atomic E-state index is -0.189. The summed E-state index contributed by atoms with van der Waals surface area (Å²) in [5.41, 5.74) is 4.62. The highest BCUT2D eigenvalue weighted by molar-refractivity contribution is 7.27. The van der Waals surface area contributed by atoms with Crippen LogP contribution < -0.4 is 0 Å². The second kappa shape index (κ2) is 6.85. The van der Waals surface area contributed by atoms with Gasteiger partial charge in [-0.3, -0.25) is 9.59 Å². The molecule has 0 fully saturated rings. The van der Waals surface area contributed by atoms with Crippen LogP contribution in [0.25, 0.3) is 43.0 Å². The molecule has 0 atom stereocenters. The van der Waals surface area contributed by atoms with E-state index in [4.69, 9.17) is 0 Å². The Morgan fingerprint density at radius 3 is 2.06 bits per heavy atom. The van der Waals surface area contributed by atoms with Crippen LogP contribution in [-0.4, -0.2) is 16.1 Å². The number of carbonyl (C=O) groups excluding carboxylic acids is 2. The Morgan fingerprint density at radius 1 is 0.697 bits per heavy atom. The molecule has 0 aliphatic heterocycles. The van der Waals surface area contributed by atoms with E-state index in [1.54, 1.807) is 28.7 Å². The van der Waals surface area contributed by atoms with E-state index in [9.17, 15) is 9.59 Å². The minimum Gasteiger partial charge on any atom is -0.307 e. The summed E-state index contributed by atoms with van der Waals surface area (Å²) in [5.74, 6) is -0.378. The zero-order valence-corrected chi connectivity index (χ0v) is 18.9. The van der Waals surface area contributed by atoms with E-state index in [0.717, 1.165) is 26.9 Å². The topological polar surface area (TPSA) is 39.1 Å². The maximum absolute atomic E-state index is 13.2. The van der Waals surface area contributed by atoms with Gasteiger partial charge in [-0.2, -0.15) is 0 Å². The van der Waals surface area contributed by atoms with Crippen LogP contribution in [0.3, 0.4) is 0 Å². The van der Waals surface area contributed by atoms with Crippen molar-refractivity contribution in [3.63, 3.8) is 0 Å². The third kappa shape index (κ3) is 2.67. The van der Waals surface area contributed by atoms with E-state index in [-0.39, 0.29) is 17.1 Å². The van der Waals surface area contributed by atoms with Crippen molar-refractivity contribution in [3.8, 4) is 5.69 Å². The van der Waals surface area contributed by atoms with Crippen LogP contribution in [0.15, 0.2) is 89.8 Å². The molecule has 3 aromatic carbocycles. The summed E-state index contributed by atoms with van der Waals surface area (Å²) in [7, 11) is 0. The highest BCUT2D eigenvalue weighted by Gasteiger charge is 2.33. The number of hydrogen-bond acceptors (Lipinski definition) is 4. The number of hydrogen-bond donors (Lipinski definition) is 0. The number of para-hydroxylation sites is 1. The molecule has 0 unspecified atom stereocenters. The smallest absolute Gasteiger partial charge is 0.197 e. The maximum atomic E-state index is 13.2. The highest BCUT2D eigenvalue weighted by Crippen LogP contribution is 2.41. The summed E-state index contributed by atoms with van der Waals surface area (Å²) < 4.78 is 4.65. The number of ketones is 2. The van der Waals surface area contributed by atoms with Gasteiger partial charge in [0, 0.05) is 21.7 Å². The van der Waals surface area contributed by atoms with E-state index in [1.807, 2.05) is 54.6 Å². The van der Waals surface area contributed by atoms with E-state index >= 15 is 0 Å². The number of rotatable bonds is 2. The molecule has 0 saturated carbocycles. The average Bonchev–Trinajstić information content (AvgIpc) is 3.58. The number of fused-ring (bicyclic) bond motifs is 5. The van der Waals surface area contributed by atoms with Gasteiger partial charge in [0.05, 0.1) is 26.0 Å². The summed E-state index contributed by atoms with van der Waals surface area (Å²) >= 11 is 3.34. The van der Waals surface area contributed by atoms with Crippen molar-refractivity contribution < 1.29 is 9.59 Å². The van der Waals surface area contributed by atoms with Gasteiger partial charge in [0.2, 0.25) is 0 Å². The van der Waals surface area contributed by atoms with Crippen molar-refractivity contribution in [1.29, 1.82) is 0 Å². The van der Waals surface area contributed by atoms with Crippen molar-refractivity contribution in [3.05, 3.63) is 106 Å². The summed E-state index contributed by atoms with van der Waals surface area (Å²) in [6.07, 6.45) is 1.77. The second-order valence-corrected chi connectivity index (χ2v) is 10.1. The fourth-order valence-electron chi connectivity index (χ4n) is 4.72. The van der Waals surface area contributed by atoms with Gasteiger partial charge in [-0.05, 0) is 58.6 Å². The lowest BCUT2D eigenvalue weighted by Crippen LogP contribution is -1.99.